The average molecular weight is 321 g/mol. The van der Waals surface area contributed by atoms with E-state index in [1.165, 1.54) is 0 Å². The maximum Gasteiger partial charge on any atom is 0.180 e. The molecule has 1 saturated heterocycles. The molecule has 0 saturated carbocycles. The summed E-state index contributed by atoms with van der Waals surface area (Å²) in [5.74, 6) is 1.59. The number of rotatable bonds is 3. The van der Waals surface area contributed by atoms with Gasteiger partial charge in [-0.1, -0.05) is 0 Å². The molecule has 0 atom stereocenters. The van der Waals surface area contributed by atoms with Gasteiger partial charge in [0.2, 0.25) is 0 Å². The summed E-state index contributed by atoms with van der Waals surface area (Å²) in [6.45, 7) is 1.86. The van der Waals surface area contributed by atoms with Crippen LogP contribution in [0.1, 0.15) is 12.8 Å². The first-order valence-corrected chi connectivity index (χ1v) is 8.09. The van der Waals surface area contributed by atoms with E-state index in [4.69, 9.17) is 10.7 Å². The summed E-state index contributed by atoms with van der Waals surface area (Å²) in [6, 6.07) is 8.01. The molecule has 0 radical (unpaired) electrons. The fourth-order valence-electron chi connectivity index (χ4n) is 2.93. The minimum atomic E-state index is 0.301. The number of aromatic nitrogens is 5. The zero-order valence-electron chi connectivity index (χ0n) is 13.3. The predicted octanol–water partition coefficient (Wildman–Crippen LogP) is 1.65. The van der Waals surface area contributed by atoms with E-state index in [0.29, 0.717) is 11.9 Å². The fourth-order valence-corrected chi connectivity index (χ4v) is 2.93. The summed E-state index contributed by atoms with van der Waals surface area (Å²) in [7, 11) is 0. The third-order valence-corrected chi connectivity index (χ3v) is 4.27. The molecule has 4 rings (SSSR count). The zero-order chi connectivity index (χ0) is 16.4. The number of hydrogen-bond donors (Lipinski definition) is 1. The maximum atomic E-state index is 5.99. The SMILES string of the molecule is NC1CCN(c2ccnc(-c3ccnn3-c3cccnc3)n2)CC1. The Kier molecular flexibility index (Phi) is 3.92. The molecule has 3 aromatic heterocycles. The van der Waals surface area contributed by atoms with Crippen LogP contribution in [0.25, 0.3) is 17.2 Å². The van der Waals surface area contributed by atoms with E-state index >= 15 is 0 Å². The van der Waals surface area contributed by atoms with Crippen molar-refractivity contribution in [1.82, 2.24) is 24.7 Å². The number of anilines is 1. The molecule has 7 heteroatoms. The Bertz CT molecular complexity index is 807. The number of hydrogen-bond acceptors (Lipinski definition) is 6. The van der Waals surface area contributed by atoms with E-state index in [2.05, 4.69) is 20.0 Å². The predicted molar refractivity (Wildman–Crippen MR) is 91.8 cm³/mol. The van der Waals surface area contributed by atoms with E-state index < -0.39 is 0 Å². The lowest BCUT2D eigenvalue weighted by atomic mass is 10.1. The van der Waals surface area contributed by atoms with Gasteiger partial charge in [0, 0.05) is 31.5 Å². The molecule has 1 fully saturated rings. The van der Waals surface area contributed by atoms with E-state index in [1.807, 2.05) is 24.3 Å². The maximum absolute atomic E-state index is 5.99. The first kappa shape index (κ1) is 14.8. The lowest BCUT2D eigenvalue weighted by molar-refractivity contribution is 0.498. The van der Waals surface area contributed by atoms with Gasteiger partial charge in [0.1, 0.15) is 11.5 Å². The largest absolute Gasteiger partial charge is 0.356 e. The molecule has 24 heavy (non-hydrogen) atoms. The third-order valence-electron chi connectivity index (χ3n) is 4.27. The highest BCUT2D eigenvalue weighted by molar-refractivity contribution is 5.56. The van der Waals surface area contributed by atoms with Crippen molar-refractivity contribution in [2.45, 2.75) is 18.9 Å². The molecule has 3 aromatic rings. The van der Waals surface area contributed by atoms with Crippen LogP contribution < -0.4 is 10.6 Å². The normalized spacial score (nSPS) is 15.6. The van der Waals surface area contributed by atoms with Crippen LogP contribution in [0.5, 0.6) is 0 Å². The summed E-state index contributed by atoms with van der Waals surface area (Å²) in [6.07, 6.45) is 9.04. The molecule has 4 heterocycles. The van der Waals surface area contributed by atoms with Crippen LogP contribution in [0.15, 0.2) is 49.1 Å². The molecule has 7 nitrogen and oxygen atoms in total. The van der Waals surface area contributed by atoms with Crippen molar-refractivity contribution in [1.29, 1.82) is 0 Å². The minimum Gasteiger partial charge on any atom is -0.356 e. The fraction of sp³-hybridized carbons (Fsp3) is 0.294. The Morgan fingerprint density at radius 3 is 2.71 bits per heavy atom. The third kappa shape index (κ3) is 2.85. The van der Waals surface area contributed by atoms with Crippen LogP contribution in [0.2, 0.25) is 0 Å². The van der Waals surface area contributed by atoms with Crippen molar-refractivity contribution < 1.29 is 0 Å². The van der Waals surface area contributed by atoms with Gasteiger partial charge in [-0.15, -0.1) is 0 Å². The number of pyridine rings is 1. The average Bonchev–Trinajstić information content (AvgIpc) is 3.13. The zero-order valence-corrected chi connectivity index (χ0v) is 13.3. The van der Waals surface area contributed by atoms with Crippen molar-refractivity contribution in [3.05, 3.63) is 49.1 Å². The van der Waals surface area contributed by atoms with Crippen LogP contribution in [0.3, 0.4) is 0 Å². The molecule has 1 aliphatic heterocycles. The van der Waals surface area contributed by atoms with Gasteiger partial charge < -0.3 is 10.6 Å². The summed E-state index contributed by atoms with van der Waals surface area (Å²) < 4.78 is 1.80. The monoisotopic (exact) mass is 321 g/mol. The Hall–Kier alpha value is -2.80. The van der Waals surface area contributed by atoms with Crippen molar-refractivity contribution in [3.63, 3.8) is 0 Å². The second-order valence-electron chi connectivity index (χ2n) is 5.90. The van der Waals surface area contributed by atoms with Gasteiger partial charge in [0.25, 0.3) is 0 Å². The molecule has 0 aromatic carbocycles. The Labute approximate surface area is 140 Å². The van der Waals surface area contributed by atoms with E-state index in [-0.39, 0.29) is 0 Å². The molecule has 0 amide bonds. The molecule has 0 bridgehead atoms. The standard InChI is InChI=1S/C17H19N7/c18-13-5-10-23(11-6-13)16-4-8-20-17(22-16)15-3-9-21-24(15)14-2-1-7-19-12-14/h1-4,7-9,12-13H,5-6,10-11,18H2. The highest BCUT2D eigenvalue weighted by atomic mass is 15.3. The van der Waals surface area contributed by atoms with Gasteiger partial charge in [-0.3, -0.25) is 4.98 Å². The molecular weight excluding hydrogens is 302 g/mol. The number of piperidine rings is 1. The van der Waals surface area contributed by atoms with Gasteiger partial charge in [0.15, 0.2) is 5.82 Å². The first-order valence-electron chi connectivity index (χ1n) is 8.09. The Balaban J connectivity index is 1.67. The lowest BCUT2D eigenvalue weighted by Gasteiger charge is -2.31. The highest BCUT2D eigenvalue weighted by Gasteiger charge is 2.18. The second-order valence-corrected chi connectivity index (χ2v) is 5.90. The van der Waals surface area contributed by atoms with Gasteiger partial charge in [-0.2, -0.15) is 5.10 Å². The van der Waals surface area contributed by atoms with Crippen molar-refractivity contribution in [2.24, 2.45) is 5.73 Å². The van der Waals surface area contributed by atoms with Gasteiger partial charge in [-0.25, -0.2) is 14.6 Å². The van der Waals surface area contributed by atoms with Crippen molar-refractivity contribution >= 4 is 5.82 Å². The summed E-state index contributed by atoms with van der Waals surface area (Å²) in [5, 5.41) is 4.38. The van der Waals surface area contributed by atoms with Crippen LogP contribution >= 0.6 is 0 Å². The number of nitrogens with two attached hydrogens (primary N) is 1. The smallest absolute Gasteiger partial charge is 0.180 e. The van der Waals surface area contributed by atoms with Crippen LogP contribution in [0.4, 0.5) is 5.82 Å². The number of nitrogens with zero attached hydrogens (tertiary/aromatic N) is 6. The van der Waals surface area contributed by atoms with Gasteiger partial charge in [0.05, 0.1) is 18.1 Å². The molecule has 2 N–H and O–H groups in total. The van der Waals surface area contributed by atoms with Crippen LogP contribution in [-0.2, 0) is 0 Å². The van der Waals surface area contributed by atoms with E-state index in [0.717, 1.165) is 43.1 Å². The Morgan fingerprint density at radius 1 is 1.04 bits per heavy atom. The summed E-state index contributed by atoms with van der Waals surface area (Å²) in [5.41, 5.74) is 7.72. The van der Waals surface area contributed by atoms with Gasteiger partial charge in [-0.05, 0) is 37.1 Å². The van der Waals surface area contributed by atoms with Crippen molar-refractivity contribution in [3.8, 4) is 17.2 Å². The topological polar surface area (TPSA) is 85.8 Å². The highest BCUT2D eigenvalue weighted by Crippen LogP contribution is 2.22. The molecule has 0 aliphatic carbocycles. The summed E-state index contributed by atoms with van der Waals surface area (Å²) in [4.78, 5) is 15.6. The quantitative estimate of drug-likeness (QED) is 0.789. The van der Waals surface area contributed by atoms with Crippen molar-refractivity contribution in [2.75, 3.05) is 18.0 Å². The lowest BCUT2D eigenvalue weighted by Crippen LogP contribution is -2.40. The molecule has 122 valence electrons. The molecular formula is C17H19N7. The van der Waals surface area contributed by atoms with Crippen LogP contribution in [-0.4, -0.2) is 43.9 Å². The first-order chi connectivity index (χ1) is 11.8. The molecule has 1 aliphatic rings. The summed E-state index contributed by atoms with van der Waals surface area (Å²) >= 11 is 0. The van der Waals surface area contributed by atoms with Crippen LogP contribution in [0, 0.1) is 0 Å². The molecule has 0 spiro atoms. The van der Waals surface area contributed by atoms with E-state index in [1.54, 1.807) is 29.5 Å². The second kappa shape index (κ2) is 6.37. The van der Waals surface area contributed by atoms with Gasteiger partial charge >= 0.3 is 0 Å². The Morgan fingerprint density at radius 2 is 1.92 bits per heavy atom. The molecule has 0 unspecified atom stereocenters. The minimum absolute atomic E-state index is 0.301. The van der Waals surface area contributed by atoms with E-state index in [9.17, 15) is 0 Å².